The summed E-state index contributed by atoms with van der Waals surface area (Å²) in [6, 6.07) is 4.51. The first-order valence-electron chi connectivity index (χ1n) is 5.37. The third-order valence-electron chi connectivity index (χ3n) is 2.54. The van der Waals surface area contributed by atoms with Gasteiger partial charge < -0.3 is 10.8 Å². The normalized spacial score (nSPS) is 13.6. The van der Waals surface area contributed by atoms with E-state index in [9.17, 15) is 9.90 Å². The predicted octanol–water partition coefficient (Wildman–Crippen LogP) is 2.22. The Balaban J connectivity index is 3.25. The first kappa shape index (κ1) is 12.7. The zero-order chi connectivity index (χ0) is 12.5. The summed E-state index contributed by atoms with van der Waals surface area (Å²) in [6.07, 6.45) is 0. The van der Waals surface area contributed by atoms with Crippen molar-refractivity contribution >= 4 is 5.78 Å². The number of hydrogen-bond acceptors (Lipinski definition) is 3. The fourth-order valence-corrected chi connectivity index (χ4v) is 1.45. The van der Waals surface area contributed by atoms with Crippen LogP contribution < -0.4 is 5.73 Å². The van der Waals surface area contributed by atoms with Crippen molar-refractivity contribution in [2.45, 2.75) is 39.2 Å². The highest BCUT2D eigenvalue weighted by Crippen LogP contribution is 2.27. The number of nitrogens with two attached hydrogens (primary N) is 1. The van der Waals surface area contributed by atoms with E-state index in [1.54, 1.807) is 19.1 Å². The molecular formula is C13H19NO2. The molecule has 0 saturated heterocycles. The number of aromatic hydroxyl groups is 1. The van der Waals surface area contributed by atoms with Crippen LogP contribution in [-0.4, -0.2) is 16.9 Å². The average Bonchev–Trinajstić information content (AvgIpc) is 2.15. The van der Waals surface area contributed by atoms with Crippen LogP contribution in [0.4, 0.5) is 0 Å². The molecule has 0 aliphatic carbocycles. The summed E-state index contributed by atoms with van der Waals surface area (Å²) in [5, 5.41) is 9.64. The molecule has 0 aromatic heterocycles. The number of carbonyl (C=O) groups excluding carboxylic acids is 1. The number of phenolic OH excluding ortho intramolecular Hbond substituents is 1. The zero-order valence-corrected chi connectivity index (χ0v) is 10.2. The molecule has 0 aliphatic rings. The standard InChI is InChI=1S/C13H19NO2/c1-8(14)12(16)10-7-9(13(2,3)4)5-6-11(10)15/h5-8,15H,14H2,1-4H3. The molecule has 88 valence electrons. The van der Waals surface area contributed by atoms with E-state index in [1.165, 1.54) is 0 Å². The van der Waals surface area contributed by atoms with Crippen molar-refractivity contribution in [3.8, 4) is 5.75 Å². The van der Waals surface area contributed by atoms with Crippen LogP contribution in [0.15, 0.2) is 18.2 Å². The number of Topliss-reactive ketones (excluding diaryl/α,β-unsaturated/α-hetero) is 1. The molecule has 0 radical (unpaired) electrons. The lowest BCUT2D eigenvalue weighted by molar-refractivity contribution is 0.0965. The van der Waals surface area contributed by atoms with Crippen LogP contribution in [0.2, 0.25) is 0 Å². The largest absolute Gasteiger partial charge is 0.507 e. The molecule has 0 aliphatic heterocycles. The van der Waals surface area contributed by atoms with E-state index in [2.05, 4.69) is 20.8 Å². The Bertz CT molecular complexity index is 403. The summed E-state index contributed by atoms with van der Waals surface area (Å²) in [4.78, 5) is 11.8. The number of ketones is 1. The number of hydrogen-bond donors (Lipinski definition) is 2. The molecule has 0 heterocycles. The van der Waals surface area contributed by atoms with Crippen LogP contribution in [0.3, 0.4) is 0 Å². The third-order valence-corrected chi connectivity index (χ3v) is 2.54. The second-order valence-electron chi connectivity index (χ2n) is 5.13. The van der Waals surface area contributed by atoms with Crippen molar-refractivity contribution < 1.29 is 9.90 Å². The third kappa shape index (κ3) is 2.61. The molecule has 0 amide bonds. The number of phenols is 1. The molecule has 1 aromatic rings. The van der Waals surface area contributed by atoms with E-state index in [0.717, 1.165) is 5.56 Å². The SMILES string of the molecule is CC(N)C(=O)c1cc(C(C)(C)C)ccc1O. The molecule has 0 saturated carbocycles. The number of benzene rings is 1. The van der Waals surface area contributed by atoms with Gasteiger partial charge in [0.25, 0.3) is 0 Å². The fourth-order valence-electron chi connectivity index (χ4n) is 1.45. The van der Waals surface area contributed by atoms with Crippen LogP contribution in [0.25, 0.3) is 0 Å². The molecule has 0 bridgehead atoms. The van der Waals surface area contributed by atoms with Gasteiger partial charge in [-0.2, -0.15) is 0 Å². The van der Waals surface area contributed by atoms with E-state index in [1.807, 2.05) is 6.07 Å². The van der Waals surface area contributed by atoms with Gasteiger partial charge in [0.05, 0.1) is 11.6 Å². The molecule has 1 aromatic carbocycles. The minimum Gasteiger partial charge on any atom is -0.507 e. The van der Waals surface area contributed by atoms with Gasteiger partial charge in [-0.05, 0) is 30.0 Å². The quantitative estimate of drug-likeness (QED) is 0.753. The predicted molar refractivity (Wildman–Crippen MR) is 64.8 cm³/mol. The van der Waals surface area contributed by atoms with Crippen LogP contribution in [-0.2, 0) is 5.41 Å². The lowest BCUT2D eigenvalue weighted by Gasteiger charge is -2.20. The molecule has 1 rings (SSSR count). The van der Waals surface area contributed by atoms with Gasteiger partial charge in [-0.25, -0.2) is 0 Å². The summed E-state index contributed by atoms with van der Waals surface area (Å²) < 4.78 is 0. The van der Waals surface area contributed by atoms with Crippen molar-refractivity contribution in [3.63, 3.8) is 0 Å². The Morgan fingerprint density at radius 3 is 2.38 bits per heavy atom. The highest BCUT2D eigenvalue weighted by molar-refractivity contribution is 6.02. The number of carbonyl (C=O) groups is 1. The summed E-state index contributed by atoms with van der Waals surface area (Å²) in [7, 11) is 0. The van der Waals surface area contributed by atoms with Crippen molar-refractivity contribution in [2.24, 2.45) is 5.73 Å². The average molecular weight is 221 g/mol. The summed E-state index contributed by atoms with van der Waals surface area (Å²) in [5.74, 6) is -0.237. The van der Waals surface area contributed by atoms with E-state index >= 15 is 0 Å². The Kier molecular flexibility index (Phi) is 3.38. The van der Waals surface area contributed by atoms with Crippen molar-refractivity contribution in [3.05, 3.63) is 29.3 Å². The van der Waals surface area contributed by atoms with Gasteiger partial charge >= 0.3 is 0 Å². The van der Waals surface area contributed by atoms with E-state index < -0.39 is 6.04 Å². The Morgan fingerprint density at radius 2 is 1.94 bits per heavy atom. The van der Waals surface area contributed by atoms with E-state index in [4.69, 9.17) is 5.73 Å². The highest BCUT2D eigenvalue weighted by atomic mass is 16.3. The number of rotatable bonds is 2. The second-order valence-corrected chi connectivity index (χ2v) is 5.13. The van der Waals surface area contributed by atoms with Gasteiger partial charge in [0.2, 0.25) is 0 Å². The first-order valence-corrected chi connectivity index (χ1v) is 5.37. The highest BCUT2D eigenvalue weighted by Gasteiger charge is 2.20. The molecule has 0 spiro atoms. The maximum atomic E-state index is 11.8. The summed E-state index contributed by atoms with van der Waals surface area (Å²) in [6.45, 7) is 7.78. The van der Waals surface area contributed by atoms with Gasteiger partial charge in [-0.3, -0.25) is 4.79 Å². The topological polar surface area (TPSA) is 63.3 Å². The minimum absolute atomic E-state index is 0.00435. The van der Waals surface area contributed by atoms with Crippen LogP contribution in [0, 0.1) is 0 Å². The summed E-state index contributed by atoms with van der Waals surface area (Å²) >= 11 is 0. The van der Waals surface area contributed by atoms with E-state index in [-0.39, 0.29) is 16.9 Å². The lowest BCUT2D eigenvalue weighted by Crippen LogP contribution is -2.27. The van der Waals surface area contributed by atoms with Crippen LogP contribution >= 0.6 is 0 Å². The van der Waals surface area contributed by atoms with Crippen molar-refractivity contribution in [1.29, 1.82) is 0 Å². The molecule has 1 atom stereocenters. The maximum absolute atomic E-state index is 11.8. The fraction of sp³-hybridized carbons (Fsp3) is 0.462. The molecular weight excluding hydrogens is 202 g/mol. The minimum atomic E-state index is -0.596. The van der Waals surface area contributed by atoms with Gasteiger partial charge in [0.1, 0.15) is 5.75 Å². The Morgan fingerprint density at radius 1 is 1.38 bits per heavy atom. The Hall–Kier alpha value is -1.35. The van der Waals surface area contributed by atoms with Gasteiger partial charge in [0.15, 0.2) is 5.78 Å². The lowest BCUT2D eigenvalue weighted by atomic mass is 9.85. The molecule has 1 unspecified atom stereocenters. The van der Waals surface area contributed by atoms with Gasteiger partial charge in [0, 0.05) is 0 Å². The maximum Gasteiger partial charge on any atom is 0.182 e. The van der Waals surface area contributed by atoms with Crippen molar-refractivity contribution in [1.82, 2.24) is 0 Å². The molecule has 3 N–H and O–H groups in total. The smallest absolute Gasteiger partial charge is 0.182 e. The second kappa shape index (κ2) is 4.26. The monoisotopic (exact) mass is 221 g/mol. The summed E-state index contributed by atoms with van der Waals surface area (Å²) in [5.41, 5.74) is 6.80. The molecule has 0 fully saturated rings. The van der Waals surface area contributed by atoms with Crippen LogP contribution in [0.5, 0.6) is 5.75 Å². The Labute approximate surface area is 96.3 Å². The molecule has 3 nitrogen and oxygen atoms in total. The van der Waals surface area contributed by atoms with Gasteiger partial charge in [-0.15, -0.1) is 0 Å². The molecule has 3 heteroatoms. The van der Waals surface area contributed by atoms with E-state index in [0.29, 0.717) is 5.56 Å². The first-order chi connectivity index (χ1) is 7.23. The van der Waals surface area contributed by atoms with Crippen LogP contribution in [0.1, 0.15) is 43.6 Å². The van der Waals surface area contributed by atoms with Crippen molar-refractivity contribution in [2.75, 3.05) is 0 Å². The molecule has 16 heavy (non-hydrogen) atoms. The zero-order valence-electron chi connectivity index (χ0n) is 10.2. The van der Waals surface area contributed by atoms with Gasteiger partial charge in [-0.1, -0.05) is 26.8 Å².